The molecule has 0 aliphatic heterocycles. The fraction of sp³-hybridized carbons (Fsp3) is 0.471. The van der Waals surface area contributed by atoms with Gasteiger partial charge in [0.15, 0.2) is 0 Å². The van der Waals surface area contributed by atoms with Crippen LogP contribution in [0.1, 0.15) is 49.7 Å². The molecule has 0 aliphatic carbocycles. The minimum atomic E-state index is 0.139. The Morgan fingerprint density at radius 3 is 2.60 bits per heavy atom. The van der Waals surface area contributed by atoms with Gasteiger partial charge >= 0.3 is 0 Å². The van der Waals surface area contributed by atoms with E-state index in [0.717, 1.165) is 32.2 Å². The highest BCUT2D eigenvalue weighted by Gasteiger charge is 2.08. The molecule has 108 valence electrons. The van der Waals surface area contributed by atoms with E-state index >= 15 is 0 Å². The SMILES string of the molecule is CCc1cc(CCCC(N)c2ccccc2)n(CC)n1. The van der Waals surface area contributed by atoms with E-state index in [1.54, 1.807) is 0 Å². The summed E-state index contributed by atoms with van der Waals surface area (Å²) in [7, 11) is 0. The maximum atomic E-state index is 6.24. The number of rotatable bonds is 7. The summed E-state index contributed by atoms with van der Waals surface area (Å²) in [5.74, 6) is 0. The molecule has 0 amide bonds. The number of aryl methyl sites for hydroxylation is 3. The molecule has 0 saturated carbocycles. The van der Waals surface area contributed by atoms with Crippen LogP contribution in [0, 0.1) is 0 Å². The van der Waals surface area contributed by atoms with Crippen LogP contribution < -0.4 is 5.73 Å². The molecule has 2 N–H and O–H groups in total. The van der Waals surface area contributed by atoms with Crippen LogP contribution in [-0.4, -0.2) is 9.78 Å². The first-order valence-corrected chi connectivity index (χ1v) is 7.60. The average Bonchev–Trinajstić information content (AvgIpc) is 2.90. The molecule has 1 unspecified atom stereocenters. The molecule has 0 radical (unpaired) electrons. The molecule has 1 atom stereocenters. The monoisotopic (exact) mass is 271 g/mol. The van der Waals surface area contributed by atoms with Gasteiger partial charge < -0.3 is 5.73 Å². The van der Waals surface area contributed by atoms with Gasteiger partial charge in [0.25, 0.3) is 0 Å². The maximum absolute atomic E-state index is 6.24. The lowest BCUT2D eigenvalue weighted by Crippen LogP contribution is -2.11. The largest absolute Gasteiger partial charge is 0.324 e. The second-order valence-corrected chi connectivity index (χ2v) is 5.21. The molecule has 1 aromatic heterocycles. The zero-order valence-corrected chi connectivity index (χ0v) is 12.5. The first-order valence-electron chi connectivity index (χ1n) is 7.60. The Balaban J connectivity index is 1.88. The van der Waals surface area contributed by atoms with E-state index in [-0.39, 0.29) is 6.04 Å². The van der Waals surface area contributed by atoms with Crippen molar-refractivity contribution in [3.05, 3.63) is 53.3 Å². The summed E-state index contributed by atoms with van der Waals surface area (Å²) >= 11 is 0. The van der Waals surface area contributed by atoms with Crippen molar-refractivity contribution in [2.75, 3.05) is 0 Å². The molecule has 20 heavy (non-hydrogen) atoms. The highest BCUT2D eigenvalue weighted by Crippen LogP contribution is 2.17. The van der Waals surface area contributed by atoms with Crippen LogP contribution in [0.15, 0.2) is 36.4 Å². The Morgan fingerprint density at radius 2 is 1.95 bits per heavy atom. The molecule has 2 aromatic rings. The summed E-state index contributed by atoms with van der Waals surface area (Å²) < 4.78 is 2.12. The summed E-state index contributed by atoms with van der Waals surface area (Å²) in [4.78, 5) is 0. The van der Waals surface area contributed by atoms with E-state index in [2.05, 4.69) is 54.0 Å². The highest BCUT2D eigenvalue weighted by molar-refractivity contribution is 5.18. The van der Waals surface area contributed by atoms with Crippen LogP contribution in [0.5, 0.6) is 0 Å². The molecule has 3 heteroatoms. The van der Waals surface area contributed by atoms with E-state index < -0.39 is 0 Å². The summed E-state index contributed by atoms with van der Waals surface area (Å²) in [6.07, 6.45) is 4.18. The smallest absolute Gasteiger partial charge is 0.0624 e. The summed E-state index contributed by atoms with van der Waals surface area (Å²) in [5, 5.41) is 4.59. The average molecular weight is 271 g/mol. The Morgan fingerprint density at radius 1 is 1.20 bits per heavy atom. The molecular weight excluding hydrogens is 246 g/mol. The Labute approximate surface area is 121 Å². The van der Waals surface area contributed by atoms with Gasteiger partial charge in [0, 0.05) is 18.3 Å². The van der Waals surface area contributed by atoms with Gasteiger partial charge in [-0.25, -0.2) is 0 Å². The zero-order valence-electron chi connectivity index (χ0n) is 12.5. The third-order valence-corrected chi connectivity index (χ3v) is 3.75. The Hall–Kier alpha value is -1.61. The van der Waals surface area contributed by atoms with Gasteiger partial charge in [-0.3, -0.25) is 4.68 Å². The number of hydrogen-bond acceptors (Lipinski definition) is 2. The minimum Gasteiger partial charge on any atom is -0.324 e. The van der Waals surface area contributed by atoms with Gasteiger partial charge in [-0.2, -0.15) is 5.10 Å². The van der Waals surface area contributed by atoms with E-state index in [1.807, 2.05) is 6.07 Å². The van der Waals surface area contributed by atoms with Gasteiger partial charge in [-0.15, -0.1) is 0 Å². The third-order valence-electron chi connectivity index (χ3n) is 3.75. The van der Waals surface area contributed by atoms with Crippen LogP contribution >= 0.6 is 0 Å². The van der Waals surface area contributed by atoms with Crippen LogP contribution in [0.3, 0.4) is 0 Å². The number of hydrogen-bond donors (Lipinski definition) is 1. The van der Waals surface area contributed by atoms with Crippen molar-refractivity contribution in [2.45, 2.75) is 52.1 Å². The van der Waals surface area contributed by atoms with Crippen molar-refractivity contribution in [1.82, 2.24) is 9.78 Å². The van der Waals surface area contributed by atoms with Crippen molar-refractivity contribution < 1.29 is 0 Å². The molecule has 0 aliphatic rings. The Kier molecular flexibility index (Phi) is 5.36. The molecular formula is C17H25N3. The maximum Gasteiger partial charge on any atom is 0.0624 e. The third kappa shape index (κ3) is 3.70. The molecule has 3 nitrogen and oxygen atoms in total. The van der Waals surface area contributed by atoms with E-state index in [0.29, 0.717) is 0 Å². The summed E-state index contributed by atoms with van der Waals surface area (Å²) in [6.45, 7) is 5.24. The van der Waals surface area contributed by atoms with Gasteiger partial charge in [0.05, 0.1) is 5.69 Å². The lowest BCUT2D eigenvalue weighted by molar-refractivity contribution is 0.568. The Bertz CT molecular complexity index is 516. The predicted molar refractivity (Wildman–Crippen MR) is 83.6 cm³/mol. The standard InChI is InChI=1S/C17H25N3/c1-3-15-13-16(20(4-2)19-15)11-8-12-17(18)14-9-6-5-7-10-14/h5-7,9-10,13,17H,3-4,8,11-12,18H2,1-2H3. The van der Waals surface area contributed by atoms with Crippen LogP contribution in [0.2, 0.25) is 0 Å². The lowest BCUT2D eigenvalue weighted by Gasteiger charge is -2.12. The quantitative estimate of drug-likeness (QED) is 0.837. The molecule has 0 saturated heterocycles. The first kappa shape index (κ1) is 14.8. The molecule has 0 spiro atoms. The lowest BCUT2D eigenvalue weighted by atomic mass is 10.0. The number of benzene rings is 1. The first-order chi connectivity index (χ1) is 9.74. The summed E-state index contributed by atoms with van der Waals surface area (Å²) in [5.41, 5.74) is 9.99. The summed E-state index contributed by atoms with van der Waals surface area (Å²) in [6, 6.07) is 12.7. The van der Waals surface area contributed by atoms with Crippen LogP contribution in [0.4, 0.5) is 0 Å². The van der Waals surface area contributed by atoms with Gasteiger partial charge in [0.2, 0.25) is 0 Å². The van der Waals surface area contributed by atoms with Crippen molar-refractivity contribution in [3.63, 3.8) is 0 Å². The molecule has 1 heterocycles. The molecule has 0 fully saturated rings. The van der Waals surface area contributed by atoms with Gasteiger partial charge in [-0.1, -0.05) is 37.3 Å². The number of nitrogens with two attached hydrogens (primary N) is 1. The van der Waals surface area contributed by atoms with E-state index in [9.17, 15) is 0 Å². The molecule has 2 rings (SSSR count). The second kappa shape index (κ2) is 7.25. The molecule has 1 aromatic carbocycles. The number of nitrogens with zero attached hydrogens (tertiary/aromatic N) is 2. The van der Waals surface area contributed by atoms with Crippen LogP contribution in [-0.2, 0) is 19.4 Å². The van der Waals surface area contributed by atoms with Crippen LogP contribution in [0.25, 0.3) is 0 Å². The fourth-order valence-corrected chi connectivity index (χ4v) is 2.53. The second-order valence-electron chi connectivity index (χ2n) is 5.21. The normalized spacial score (nSPS) is 12.6. The van der Waals surface area contributed by atoms with E-state index in [4.69, 9.17) is 5.73 Å². The van der Waals surface area contributed by atoms with E-state index in [1.165, 1.54) is 17.0 Å². The number of aromatic nitrogens is 2. The minimum absolute atomic E-state index is 0.139. The molecule has 0 bridgehead atoms. The highest BCUT2D eigenvalue weighted by atomic mass is 15.3. The van der Waals surface area contributed by atoms with Crippen molar-refractivity contribution in [1.29, 1.82) is 0 Å². The van der Waals surface area contributed by atoms with Gasteiger partial charge in [0.1, 0.15) is 0 Å². The zero-order chi connectivity index (χ0) is 14.4. The van der Waals surface area contributed by atoms with Crippen molar-refractivity contribution >= 4 is 0 Å². The van der Waals surface area contributed by atoms with Crippen molar-refractivity contribution in [2.24, 2.45) is 5.73 Å². The predicted octanol–water partition coefficient (Wildman–Crippen LogP) is 3.49. The van der Waals surface area contributed by atoms with Gasteiger partial charge in [-0.05, 0) is 44.2 Å². The van der Waals surface area contributed by atoms with Crippen molar-refractivity contribution in [3.8, 4) is 0 Å². The fourth-order valence-electron chi connectivity index (χ4n) is 2.53. The topological polar surface area (TPSA) is 43.8 Å².